The quantitative estimate of drug-likeness (QED) is 0.294. The normalized spacial score (nSPS) is 17.2. The Hall–Kier alpha value is 0.610. The average molecular weight is 511 g/mol. The van der Waals surface area contributed by atoms with Crippen molar-refractivity contribution in [1.82, 2.24) is 14.9 Å². The van der Waals surface area contributed by atoms with Gasteiger partial charge >= 0.3 is 0 Å². The molecule has 1 fully saturated rings. The van der Waals surface area contributed by atoms with Gasteiger partial charge in [-0.25, -0.2) is 12.7 Å². The van der Waals surface area contributed by atoms with Crippen LogP contribution in [0.3, 0.4) is 0 Å². The molecule has 24 heavy (non-hydrogen) atoms. The van der Waals surface area contributed by atoms with Crippen molar-refractivity contribution >= 4 is 63.5 Å². The van der Waals surface area contributed by atoms with E-state index in [1.54, 1.807) is 16.1 Å². The van der Waals surface area contributed by atoms with Gasteiger partial charge in [-0.15, -0.1) is 24.0 Å². The van der Waals surface area contributed by atoms with Gasteiger partial charge in [0.25, 0.3) is 0 Å². The fourth-order valence-electron chi connectivity index (χ4n) is 1.93. The minimum atomic E-state index is -3.17. The lowest BCUT2D eigenvalue weighted by Gasteiger charge is -2.25. The molecule has 0 spiro atoms. The summed E-state index contributed by atoms with van der Waals surface area (Å²) < 4.78 is 26.3. The van der Waals surface area contributed by atoms with E-state index in [0.717, 1.165) is 18.1 Å². The number of nitrogens with zero attached hydrogens (tertiary/aromatic N) is 2. The monoisotopic (exact) mass is 510 g/mol. The summed E-state index contributed by atoms with van der Waals surface area (Å²) in [7, 11) is -3.17. The van der Waals surface area contributed by atoms with Gasteiger partial charge in [-0.3, -0.25) is 4.99 Å². The fourth-order valence-corrected chi connectivity index (χ4v) is 4.61. The molecule has 0 saturated carbocycles. The molecule has 0 atom stereocenters. The highest BCUT2D eigenvalue weighted by atomic mass is 127. The molecule has 0 bridgehead atoms. The Morgan fingerprint density at radius 2 is 1.92 bits per heavy atom. The first-order valence-electron chi connectivity index (χ1n) is 7.93. The maximum atomic E-state index is 12.3. The molecule has 0 aromatic heterocycles. The first kappa shape index (κ1) is 24.6. The highest BCUT2D eigenvalue weighted by Gasteiger charge is 2.23. The summed E-state index contributed by atoms with van der Waals surface area (Å²) in [6, 6.07) is 0. The smallest absolute Gasteiger partial charge is 0.215 e. The molecule has 1 rings (SSSR count). The zero-order valence-corrected chi connectivity index (χ0v) is 19.8. The van der Waals surface area contributed by atoms with Crippen LogP contribution in [0.15, 0.2) is 4.99 Å². The third-order valence-electron chi connectivity index (χ3n) is 3.53. The van der Waals surface area contributed by atoms with Crippen LogP contribution < -0.4 is 10.6 Å². The molecule has 2 N–H and O–H groups in total. The second-order valence-electron chi connectivity index (χ2n) is 5.91. The van der Waals surface area contributed by atoms with E-state index in [4.69, 9.17) is 0 Å². The molecule has 1 heterocycles. The number of hydrogen-bond donors (Lipinski definition) is 2. The minimum Gasteiger partial charge on any atom is -0.357 e. The van der Waals surface area contributed by atoms with Crippen LogP contribution >= 0.6 is 47.5 Å². The van der Waals surface area contributed by atoms with E-state index in [1.807, 2.05) is 18.7 Å². The molecule has 6 nitrogen and oxygen atoms in total. The number of nitrogens with one attached hydrogen (secondary N) is 2. The number of hydrogen-bond acceptors (Lipinski definition) is 5. The van der Waals surface area contributed by atoms with Crippen LogP contribution in [-0.2, 0) is 10.0 Å². The standard InChI is InChI=1S/C14H30N4O2S3.HI/c1-5-15-13(17-12-14(2,3)21-4)16-6-11-23(19,20)18-7-9-22-10-8-18;/h5-12H2,1-4H3,(H2,15,16,17);1H. The number of aliphatic imine (C=N–C) groups is 1. The molecular formula is C14H31IN4O2S3. The first-order valence-corrected chi connectivity index (χ1v) is 11.9. The van der Waals surface area contributed by atoms with Crippen LogP contribution in [0.25, 0.3) is 0 Å². The largest absolute Gasteiger partial charge is 0.357 e. The predicted molar refractivity (Wildman–Crippen MR) is 120 cm³/mol. The number of guanidine groups is 1. The molecule has 1 saturated heterocycles. The fraction of sp³-hybridized carbons (Fsp3) is 0.929. The Balaban J connectivity index is 0.00000529. The van der Waals surface area contributed by atoms with Crippen molar-refractivity contribution in [1.29, 1.82) is 0 Å². The van der Waals surface area contributed by atoms with Crippen LogP contribution in [0.5, 0.6) is 0 Å². The zero-order valence-electron chi connectivity index (χ0n) is 15.0. The van der Waals surface area contributed by atoms with Crippen molar-refractivity contribution < 1.29 is 8.42 Å². The van der Waals surface area contributed by atoms with Crippen molar-refractivity contribution in [2.24, 2.45) is 4.99 Å². The van der Waals surface area contributed by atoms with Crippen molar-refractivity contribution in [2.75, 3.05) is 56.2 Å². The van der Waals surface area contributed by atoms with E-state index >= 15 is 0 Å². The SMILES string of the molecule is CCNC(=NCC(C)(C)SC)NCCS(=O)(=O)N1CCSCC1.I. The molecule has 0 aromatic carbocycles. The predicted octanol–water partition coefficient (Wildman–Crippen LogP) is 1.68. The highest BCUT2D eigenvalue weighted by Crippen LogP contribution is 2.20. The highest BCUT2D eigenvalue weighted by molar-refractivity contribution is 14.0. The van der Waals surface area contributed by atoms with Gasteiger partial charge in [0, 0.05) is 42.4 Å². The van der Waals surface area contributed by atoms with Crippen LogP contribution in [0.2, 0.25) is 0 Å². The van der Waals surface area contributed by atoms with E-state index in [-0.39, 0.29) is 34.5 Å². The van der Waals surface area contributed by atoms with Gasteiger partial charge in [0.05, 0.1) is 12.3 Å². The summed E-state index contributed by atoms with van der Waals surface area (Å²) in [6.45, 7) is 9.34. The summed E-state index contributed by atoms with van der Waals surface area (Å²) in [5.74, 6) is 2.56. The minimum absolute atomic E-state index is 0. The maximum absolute atomic E-state index is 12.3. The Bertz CT molecular complexity index is 480. The van der Waals surface area contributed by atoms with Crippen molar-refractivity contribution in [3.63, 3.8) is 0 Å². The molecule has 0 unspecified atom stereocenters. The third-order valence-corrected chi connectivity index (χ3v) is 7.58. The number of rotatable bonds is 8. The number of thioether (sulfide) groups is 2. The van der Waals surface area contributed by atoms with Gasteiger partial charge in [0.2, 0.25) is 10.0 Å². The molecule has 0 radical (unpaired) electrons. The Morgan fingerprint density at radius 1 is 1.29 bits per heavy atom. The number of sulfonamides is 1. The maximum Gasteiger partial charge on any atom is 0.215 e. The molecule has 10 heteroatoms. The van der Waals surface area contributed by atoms with E-state index < -0.39 is 10.0 Å². The van der Waals surface area contributed by atoms with Crippen LogP contribution in [0.4, 0.5) is 0 Å². The van der Waals surface area contributed by atoms with Crippen LogP contribution in [0, 0.1) is 0 Å². The van der Waals surface area contributed by atoms with Gasteiger partial charge in [0.15, 0.2) is 5.96 Å². The van der Waals surface area contributed by atoms with Gasteiger partial charge in [-0.1, -0.05) is 0 Å². The summed E-state index contributed by atoms with van der Waals surface area (Å²) >= 11 is 3.58. The third kappa shape index (κ3) is 9.35. The van der Waals surface area contributed by atoms with E-state index in [9.17, 15) is 8.42 Å². The van der Waals surface area contributed by atoms with Gasteiger partial charge in [0.1, 0.15) is 0 Å². The Labute approximate surface area is 172 Å². The van der Waals surface area contributed by atoms with Gasteiger partial charge < -0.3 is 10.6 Å². The van der Waals surface area contributed by atoms with Crippen molar-refractivity contribution in [2.45, 2.75) is 25.5 Å². The molecule has 1 aliphatic heterocycles. The molecule has 0 amide bonds. The van der Waals surface area contributed by atoms with E-state index in [2.05, 4.69) is 35.7 Å². The summed E-state index contributed by atoms with van der Waals surface area (Å²) in [5.41, 5.74) is 0. The van der Waals surface area contributed by atoms with Gasteiger partial charge in [-0.05, 0) is 27.0 Å². The molecule has 0 aromatic rings. The molecular weight excluding hydrogens is 479 g/mol. The van der Waals surface area contributed by atoms with E-state index in [0.29, 0.717) is 32.1 Å². The summed E-state index contributed by atoms with van der Waals surface area (Å²) in [5, 5.41) is 6.29. The Kier molecular flexibility index (Phi) is 12.4. The summed E-state index contributed by atoms with van der Waals surface area (Å²) in [6.07, 6.45) is 2.07. The first-order chi connectivity index (χ1) is 10.8. The second kappa shape index (κ2) is 12.1. The zero-order chi connectivity index (χ0) is 17.3. The topological polar surface area (TPSA) is 73.8 Å². The molecule has 0 aliphatic carbocycles. The Morgan fingerprint density at radius 3 is 2.46 bits per heavy atom. The van der Waals surface area contributed by atoms with Crippen LogP contribution in [-0.4, -0.2) is 79.7 Å². The summed E-state index contributed by atoms with van der Waals surface area (Å²) in [4.78, 5) is 4.55. The number of halogens is 1. The lowest BCUT2D eigenvalue weighted by atomic mass is 10.2. The molecule has 144 valence electrons. The average Bonchev–Trinajstić information content (AvgIpc) is 2.53. The second-order valence-corrected chi connectivity index (χ2v) is 10.7. The molecule has 1 aliphatic rings. The van der Waals surface area contributed by atoms with Crippen molar-refractivity contribution in [3.8, 4) is 0 Å². The lowest BCUT2D eigenvalue weighted by Crippen LogP contribution is -2.44. The van der Waals surface area contributed by atoms with Crippen LogP contribution in [0.1, 0.15) is 20.8 Å². The van der Waals surface area contributed by atoms with Gasteiger partial charge in [-0.2, -0.15) is 23.5 Å². The van der Waals surface area contributed by atoms with E-state index in [1.165, 1.54) is 0 Å². The lowest BCUT2D eigenvalue weighted by molar-refractivity contribution is 0.443. The van der Waals surface area contributed by atoms with Crippen molar-refractivity contribution in [3.05, 3.63) is 0 Å².